The predicted molar refractivity (Wildman–Crippen MR) is 82.8 cm³/mol. The predicted octanol–water partition coefficient (Wildman–Crippen LogP) is 1.33. The molecule has 0 spiro atoms. The lowest BCUT2D eigenvalue weighted by molar-refractivity contribution is -0.121. The molecule has 0 aromatic carbocycles. The number of phosphoric acid groups is 1. The zero-order valence-electron chi connectivity index (χ0n) is 12.7. The summed E-state index contributed by atoms with van der Waals surface area (Å²) in [6.07, 6.45) is 11.3. The monoisotopic (exact) mass is 335 g/mol. The molecule has 0 aliphatic rings. The van der Waals surface area contributed by atoms with Gasteiger partial charge in [-0.3, -0.25) is 9.32 Å². The van der Waals surface area contributed by atoms with Gasteiger partial charge in [-0.05, 0) is 12.8 Å². The molecule has 0 fully saturated rings. The van der Waals surface area contributed by atoms with Crippen molar-refractivity contribution in [2.75, 3.05) is 13.2 Å². The zero-order chi connectivity index (χ0) is 16.8. The number of carbonyl (C=O) groups excluding carboxylic acids is 1. The first-order valence-electron chi connectivity index (χ1n) is 7.43. The molecular formula is C14H26NO6P. The van der Waals surface area contributed by atoms with Crippen molar-refractivity contribution in [1.82, 2.24) is 5.32 Å². The van der Waals surface area contributed by atoms with E-state index in [1.54, 1.807) is 0 Å². The number of amides is 1. The first kappa shape index (κ1) is 21.1. The largest absolute Gasteiger partial charge is 0.469 e. The number of hydrogen-bond donors (Lipinski definition) is 4. The van der Waals surface area contributed by atoms with Crippen molar-refractivity contribution < 1.29 is 28.8 Å². The molecule has 1 atom stereocenters. The molecule has 128 valence electrons. The number of terminal acetylenes is 1. The first-order valence-corrected chi connectivity index (χ1v) is 8.96. The fourth-order valence-corrected chi connectivity index (χ4v) is 2.15. The van der Waals surface area contributed by atoms with Crippen LogP contribution in [-0.2, 0) is 13.9 Å². The maximum atomic E-state index is 11.5. The van der Waals surface area contributed by atoms with Crippen molar-refractivity contribution in [2.24, 2.45) is 0 Å². The van der Waals surface area contributed by atoms with Crippen LogP contribution >= 0.6 is 7.82 Å². The Labute approximate surface area is 131 Å². The van der Waals surface area contributed by atoms with E-state index in [1.807, 2.05) is 0 Å². The van der Waals surface area contributed by atoms with Gasteiger partial charge in [-0.15, -0.1) is 12.3 Å². The highest BCUT2D eigenvalue weighted by molar-refractivity contribution is 7.46. The summed E-state index contributed by atoms with van der Waals surface area (Å²) in [6.45, 7) is -0.618. The second-order valence-corrected chi connectivity index (χ2v) is 6.31. The van der Waals surface area contributed by atoms with Crippen LogP contribution in [0.1, 0.15) is 51.4 Å². The SMILES string of the molecule is C#CCCCCCCCCC(=O)NCC(O)COP(=O)(O)O. The van der Waals surface area contributed by atoms with Gasteiger partial charge in [-0.1, -0.05) is 25.7 Å². The number of aliphatic hydroxyl groups excluding tert-OH is 1. The standard InChI is InChI=1S/C14H26NO6P/c1-2-3-4-5-6-7-8-9-10-14(17)15-11-13(16)12-21-22(18,19)20/h1,13,16H,3-12H2,(H,15,17)(H2,18,19,20). The van der Waals surface area contributed by atoms with Gasteiger partial charge in [0.2, 0.25) is 5.91 Å². The molecule has 1 unspecified atom stereocenters. The van der Waals surface area contributed by atoms with E-state index in [1.165, 1.54) is 0 Å². The minimum absolute atomic E-state index is 0.0923. The molecule has 0 aromatic heterocycles. The van der Waals surface area contributed by atoms with E-state index in [0.29, 0.717) is 6.42 Å². The van der Waals surface area contributed by atoms with Gasteiger partial charge in [0.05, 0.1) is 12.7 Å². The molecular weight excluding hydrogens is 309 g/mol. The van der Waals surface area contributed by atoms with Crippen molar-refractivity contribution in [3.8, 4) is 12.3 Å². The lowest BCUT2D eigenvalue weighted by Crippen LogP contribution is -2.34. The van der Waals surface area contributed by atoms with E-state index in [4.69, 9.17) is 16.2 Å². The molecule has 7 nitrogen and oxygen atoms in total. The van der Waals surface area contributed by atoms with Crippen molar-refractivity contribution in [3.05, 3.63) is 0 Å². The normalized spacial score (nSPS) is 12.6. The summed E-state index contributed by atoms with van der Waals surface area (Å²) in [5.41, 5.74) is 0. The smallest absolute Gasteiger partial charge is 0.389 e. The summed E-state index contributed by atoms with van der Waals surface area (Å²) in [7, 11) is -4.59. The van der Waals surface area contributed by atoms with E-state index in [2.05, 4.69) is 15.8 Å². The van der Waals surface area contributed by atoms with Crippen LogP contribution in [0.3, 0.4) is 0 Å². The molecule has 1 amide bonds. The van der Waals surface area contributed by atoms with Crippen molar-refractivity contribution >= 4 is 13.7 Å². The van der Waals surface area contributed by atoms with Crippen LogP contribution in [-0.4, -0.2) is 40.1 Å². The van der Waals surface area contributed by atoms with Crippen LogP contribution in [0.15, 0.2) is 0 Å². The molecule has 0 heterocycles. The minimum atomic E-state index is -4.59. The summed E-state index contributed by atoms with van der Waals surface area (Å²) in [4.78, 5) is 28.4. The Morgan fingerprint density at radius 1 is 1.18 bits per heavy atom. The number of unbranched alkanes of at least 4 members (excludes halogenated alkanes) is 6. The van der Waals surface area contributed by atoms with Crippen molar-refractivity contribution in [3.63, 3.8) is 0 Å². The molecule has 0 aliphatic heterocycles. The highest BCUT2D eigenvalue weighted by Gasteiger charge is 2.17. The van der Waals surface area contributed by atoms with Gasteiger partial charge in [0.15, 0.2) is 0 Å². The summed E-state index contributed by atoms with van der Waals surface area (Å²) >= 11 is 0. The second kappa shape index (κ2) is 12.6. The van der Waals surface area contributed by atoms with Crippen LogP contribution in [0, 0.1) is 12.3 Å². The van der Waals surface area contributed by atoms with Gasteiger partial charge in [0.1, 0.15) is 0 Å². The van der Waals surface area contributed by atoms with Crippen LogP contribution in [0.4, 0.5) is 0 Å². The molecule has 8 heteroatoms. The number of aliphatic hydroxyl groups is 1. The Balaban J connectivity index is 3.46. The van der Waals surface area contributed by atoms with Gasteiger partial charge in [0.25, 0.3) is 0 Å². The van der Waals surface area contributed by atoms with E-state index in [0.717, 1.165) is 44.9 Å². The van der Waals surface area contributed by atoms with E-state index >= 15 is 0 Å². The molecule has 0 saturated carbocycles. The van der Waals surface area contributed by atoms with Gasteiger partial charge in [0, 0.05) is 19.4 Å². The lowest BCUT2D eigenvalue weighted by atomic mass is 10.1. The number of phosphoric ester groups is 1. The molecule has 0 saturated heterocycles. The van der Waals surface area contributed by atoms with E-state index in [-0.39, 0.29) is 12.5 Å². The summed E-state index contributed by atoms with van der Waals surface area (Å²) < 4.78 is 14.6. The van der Waals surface area contributed by atoms with E-state index in [9.17, 15) is 14.5 Å². The van der Waals surface area contributed by atoms with Gasteiger partial charge < -0.3 is 20.2 Å². The fraction of sp³-hybridized carbons (Fsp3) is 0.786. The highest BCUT2D eigenvalue weighted by atomic mass is 31.2. The summed E-state index contributed by atoms with van der Waals surface area (Å²) in [6, 6.07) is 0. The Hall–Kier alpha value is -0.900. The number of nitrogens with one attached hydrogen (secondary N) is 1. The fourth-order valence-electron chi connectivity index (χ4n) is 1.78. The Morgan fingerprint density at radius 3 is 2.36 bits per heavy atom. The van der Waals surface area contributed by atoms with Crippen LogP contribution in [0.25, 0.3) is 0 Å². The molecule has 0 aliphatic carbocycles. The topological polar surface area (TPSA) is 116 Å². The quantitative estimate of drug-likeness (QED) is 0.229. The maximum Gasteiger partial charge on any atom is 0.469 e. The molecule has 22 heavy (non-hydrogen) atoms. The first-order chi connectivity index (χ1) is 10.3. The summed E-state index contributed by atoms with van der Waals surface area (Å²) in [5.74, 6) is 2.41. The average molecular weight is 335 g/mol. The lowest BCUT2D eigenvalue weighted by Gasteiger charge is -2.12. The van der Waals surface area contributed by atoms with Gasteiger partial charge in [-0.25, -0.2) is 4.57 Å². The number of rotatable bonds is 13. The van der Waals surface area contributed by atoms with Crippen molar-refractivity contribution in [2.45, 2.75) is 57.5 Å². The van der Waals surface area contributed by atoms with Crippen molar-refractivity contribution in [1.29, 1.82) is 0 Å². The van der Waals surface area contributed by atoms with Crippen LogP contribution in [0.2, 0.25) is 0 Å². The second-order valence-electron chi connectivity index (χ2n) is 5.07. The summed E-state index contributed by atoms with van der Waals surface area (Å²) in [5, 5.41) is 11.9. The Bertz CT molecular complexity index is 389. The number of carbonyl (C=O) groups is 1. The van der Waals surface area contributed by atoms with E-state index < -0.39 is 20.5 Å². The highest BCUT2D eigenvalue weighted by Crippen LogP contribution is 2.35. The van der Waals surface area contributed by atoms with Crippen LogP contribution < -0.4 is 5.32 Å². The molecule has 0 bridgehead atoms. The third kappa shape index (κ3) is 15.5. The average Bonchev–Trinajstić information content (AvgIpc) is 2.45. The number of hydrogen-bond acceptors (Lipinski definition) is 4. The molecule has 0 rings (SSSR count). The third-order valence-electron chi connectivity index (χ3n) is 2.94. The van der Waals surface area contributed by atoms with Gasteiger partial charge in [-0.2, -0.15) is 0 Å². The van der Waals surface area contributed by atoms with Crippen LogP contribution in [0.5, 0.6) is 0 Å². The Kier molecular flexibility index (Phi) is 12.1. The zero-order valence-corrected chi connectivity index (χ0v) is 13.6. The molecule has 0 radical (unpaired) electrons. The molecule has 0 aromatic rings. The van der Waals surface area contributed by atoms with Gasteiger partial charge >= 0.3 is 7.82 Å². The minimum Gasteiger partial charge on any atom is -0.389 e. The molecule has 4 N–H and O–H groups in total. The maximum absolute atomic E-state index is 11.5. The third-order valence-corrected chi connectivity index (χ3v) is 3.43. The Morgan fingerprint density at radius 2 is 1.77 bits per heavy atom.